The Morgan fingerprint density at radius 3 is 2.68 bits per heavy atom. The van der Waals surface area contributed by atoms with Gasteiger partial charge in [0.2, 0.25) is 0 Å². The second kappa shape index (κ2) is 10.8. The van der Waals surface area contributed by atoms with E-state index >= 15 is 0 Å². The molecule has 0 saturated carbocycles. The molecule has 4 aromatic rings. The number of methoxy groups -OCH3 is 1. The number of aromatic nitrogens is 3. The van der Waals surface area contributed by atoms with Crippen molar-refractivity contribution in [2.75, 3.05) is 32.6 Å². The highest BCUT2D eigenvalue weighted by Gasteiger charge is 2.21. The van der Waals surface area contributed by atoms with Crippen LogP contribution in [0.4, 0.5) is 11.5 Å². The second-order valence-corrected chi connectivity index (χ2v) is 8.76. The Bertz CT molecular complexity index is 1250. The van der Waals surface area contributed by atoms with Gasteiger partial charge in [0.15, 0.2) is 5.82 Å². The van der Waals surface area contributed by atoms with E-state index in [-0.39, 0.29) is 0 Å². The minimum absolute atomic E-state index is 0.665. The molecule has 0 saturated heterocycles. The third-order valence-electron chi connectivity index (χ3n) is 5.60. The molecule has 0 radical (unpaired) electrons. The fraction of sp³-hybridized carbons (Fsp3) is 0.320. The summed E-state index contributed by atoms with van der Waals surface area (Å²) in [5.74, 6) is 2.90. The van der Waals surface area contributed by atoms with E-state index < -0.39 is 0 Å². The zero-order chi connectivity index (χ0) is 24.1. The molecular formula is C25H30N6O2S. The van der Waals surface area contributed by atoms with Crippen molar-refractivity contribution < 1.29 is 9.26 Å². The van der Waals surface area contributed by atoms with Crippen LogP contribution < -0.4 is 20.7 Å². The molecule has 0 unspecified atom stereocenters. The van der Waals surface area contributed by atoms with E-state index in [1.165, 1.54) is 5.56 Å². The maximum atomic E-state index is 5.46. The Balaban J connectivity index is 1.79. The summed E-state index contributed by atoms with van der Waals surface area (Å²) < 4.78 is 10.8. The number of rotatable bonds is 10. The van der Waals surface area contributed by atoms with Crippen LogP contribution in [-0.4, -0.2) is 42.4 Å². The molecule has 0 atom stereocenters. The van der Waals surface area contributed by atoms with Gasteiger partial charge in [0.1, 0.15) is 17.3 Å². The number of hydrogen-bond donors (Lipinski definition) is 3. The Labute approximate surface area is 203 Å². The normalized spacial score (nSPS) is 11.1. The number of likely N-dealkylation sites (N-methyl/N-ethyl adjacent to an activating group) is 1. The van der Waals surface area contributed by atoms with Crippen LogP contribution >= 0.6 is 11.3 Å². The lowest BCUT2D eigenvalue weighted by Gasteiger charge is -2.15. The van der Waals surface area contributed by atoms with Crippen LogP contribution in [-0.2, 0) is 6.54 Å². The van der Waals surface area contributed by atoms with Gasteiger partial charge in [-0.3, -0.25) is 0 Å². The summed E-state index contributed by atoms with van der Waals surface area (Å²) in [6, 6.07) is 7.79. The van der Waals surface area contributed by atoms with Gasteiger partial charge in [-0.1, -0.05) is 11.2 Å². The highest BCUT2D eigenvalue weighted by atomic mass is 32.1. The Kier molecular flexibility index (Phi) is 7.56. The quantitative estimate of drug-likeness (QED) is 0.279. The molecule has 0 aliphatic carbocycles. The number of anilines is 2. The molecule has 0 bridgehead atoms. The smallest absolute Gasteiger partial charge is 0.163 e. The summed E-state index contributed by atoms with van der Waals surface area (Å²) >= 11 is 1.65. The first kappa shape index (κ1) is 23.9. The van der Waals surface area contributed by atoms with Gasteiger partial charge in [0, 0.05) is 47.9 Å². The van der Waals surface area contributed by atoms with Gasteiger partial charge in [0.25, 0.3) is 0 Å². The maximum absolute atomic E-state index is 5.46. The van der Waals surface area contributed by atoms with E-state index in [9.17, 15) is 0 Å². The Hall–Kier alpha value is -3.27. The molecule has 0 amide bonds. The van der Waals surface area contributed by atoms with Crippen molar-refractivity contribution in [1.82, 2.24) is 25.8 Å². The van der Waals surface area contributed by atoms with E-state index in [4.69, 9.17) is 19.2 Å². The monoisotopic (exact) mass is 478 g/mol. The first-order chi connectivity index (χ1) is 16.5. The fourth-order valence-electron chi connectivity index (χ4n) is 3.75. The molecule has 0 aliphatic heterocycles. The molecule has 0 spiro atoms. The van der Waals surface area contributed by atoms with E-state index in [0.717, 1.165) is 70.7 Å². The number of benzene rings is 1. The van der Waals surface area contributed by atoms with Crippen molar-refractivity contribution in [3.05, 3.63) is 57.6 Å². The molecule has 1 aromatic carbocycles. The molecule has 0 aliphatic rings. The third kappa shape index (κ3) is 5.11. The first-order valence-electron chi connectivity index (χ1n) is 11.2. The van der Waals surface area contributed by atoms with Gasteiger partial charge in [-0.2, -0.15) is 11.3 Å². The van der Waals surface area contributed by atoms with Gasteiger partial charge >= 0.3 is 0 Å². The zero-order valence-corrected chi connectivity index (χ0v) is 21.0. The fourth-order valence-corrected chi connectivity index (χ4v) is 4.59. The minimum atomic E-state index is 0.665. The van der Waals surface area contributed by atoms with E-state index in [1.807, 2.05) is 52.1 Å². The lowest BCUT2D eigenvalue weighted by molar-refractivity contribution is 0.393. The molecule has 178 valence electrons. The summed E-state index contributed by atoms with van der Waals surface area (Å²) in [6.07, 6.45) is 0. The number of nitrogens with zero attached hydrogens (tertiary/aromatic N) is 3. The summed E-state index contributed by atoms with van der Waals surface area (Å²) in [5.41, 5.74) is 6.51. The van der Waals surface area contributed by atoms with Gasteiger partial charge in [-0.05, 0) is 50.9 Å². The van der Waals surface area contributed by atoms with Gasteiger partial charge in [-0.25, -0.2) is 9.97 Å². The van der Waals surface area contributed by atoms with Crippen LogP contribution in [0.25, 0.3) is 22.6 Å². The summed E-state index contributed by atoms with van der Waals surface area (Å²) in [5, 5.41) is 18.5. The predicted molar refractivity (Wildman–Crippen MR) is 137 cm³/mol. The molecule has 3 N–H and O–H groups in total. The van der Waals surface area contributed by atoms with Crippen LogP contribution in [0.5, 0.6) is 5.75 Å². The van der Waals surface area contributed by atoms with E-state index in [1.54, 1.807) is 18.4 Å². The predicted octanol–water partition coefficient (Wildman–Crippen LogP) is 4.85. The van der Waals surface area contributed by atoms with Crippen molar-refractivity contribution in [1.29, 1.82) is 0 Å². The van der Waals surface area contributed by atoms with Crippen LogP contribution in [0.15, 0.2) is 39.5 Å². The number of ether oxygens (including phenoxy) is 1. The van der Waals surface area contributed by atoms with Crippen molar-refractivity contribution in [3.63, 3.8) is 0 Å². The van der Waals surface area contributed by atoms with Crippen molar-refractivity contribution in [2.24, 2.45) is 0 Å². The molecule has 3 aromatic heterocycles. The van der Waals surface area contributed by atoms with Crippen LogP contribution in [0.1, 0.15) is 22.6 Å². The van der Waals surface area contributed by atoms with E-state index in [0.29, 0.717) is 5.82 Å². The SMILES string of the molecule is CNCCNCc1cscc1-c1nc(Nc2cccc(OC)c2)c(C)c(-c2c(C)noc2C)n1. The lowest BCUT2D eigenvalue weighted by atomic mass is 10.0. The number of hydrogen-bond acceptors (Lipinski definition) is 9. The van der Waals surface area contributed by atoms with Crippen LogP contribution in [0.2, 0.25) is 0 Å². The molecule has 4 rings (SSSR count). The average Bonchev–Trinajstić information content (AvgIpc) is 3.44. The van der Waals surface area contributed by atoms with Crippen molar-refractivity contribution >= 4 is 22.8 Å². The first-order valence-corrected chi connectivity index (χ1v) is 12.1. The minimum Gasteiger partial charge on any atom is -0.497 e. The third-order valence-corrected chi connectivity index (χ3v) is 6.39. The second-order valence-electron chi connectivity index (χ2n) is 8.02. The molecule has 8 nitrogen and oxygen atoms in total. The molecule has 0 fully saturated rings. The zero-order valence-electron chi connectivity index (χ0n) is 20.2. The topological polar surface area (TPSA) is 97.1 Å². The van der Waals surface area contributed by atoms with Gasteiger partial charge < -0.3 is 25.2 Å². The lowest BCUT2D eigenvalue weighted by Crippen LogP contribution is -2.24. The summed E-state index contributed by atoms with van der Waals surface area (Å²) in [7, 11) is 3.61. The number of thiophene rings is 1. The highest BCUT2D eigenvalue weighted by Crippen LogP contribution is 2.35. The molecule has 3 heterocycles. The van der Waals surface area contributed by atoms with Crippen LogP contribution in [0, 0.1) is 20.8 Å². The van der Waals surface area contributed by atoms with Crippen LogP contribution in [0.3, 0.4) is 0 Å². The molecular weight excluding hydrogens is 448 g/mol. The summed E-state index contributed by atoms with van der Waals surface area (Å²) in [4.78, 5) is 9.96. The largest absolute Gasteiger partial charge is 0.497 e. The molecule has 34 heavy (non-hydrogen) atoms. The number of nitrogens with one attached hydrogen (secondary N) is 3. The maximum Gasteiger partial charge on any atom is 0.163 e. The standard InChI is InChI=1S/C25H30N6O2S/c1-15-23(22-16(2)31-33-17(22)3)29-25(21-14-34-13-18(21)12-27-10-9-26-4)30-24(15)28-19-7-6-8-20(11-19)32-5/h6-8,11,13-14,26-27H,9-10,12H2,1-5H3,(H,28,29,30). The number of aryl methyl sites for hydroxylation is 2. The average molecular weight is 479 g/mol. The Morgan fingerprint density at radius 2 is 1.94 bits per heavy atom. The van der Waals surface area contributed by atoms with Crippen molar-refractivity contribution in [2.45, 2.75) is 27.3 Å². The van der Waals surface area contributed by atoms with Gasteiger partial charge in [0.05, 0.1) is 24.1 Å². The Morgan fingerprint density at radius 1 is 1.09 bits per heavy atom. The summed E-state index contributed by atoms with van der Waals surface area (Å²) in [6.45, 7) is 8.40. The van der Waals surface area contributed by atoms with E-state index in [2.05, 4.69) is 31.9 Å². The highest BCUT2D eigenvalue weighted by molar-refractivity contribution is 7.08. The molecule has 9 heteroatoms. The van der Waals surface area contributed by atoms with Gasteiger partial charge in [-0.15, -0.1) is 0 Å². The van der Waals surface area contributed by atoms with Crippen molar-refractivity contribution in [3.8, 4) is 28.4 Å².